The molecule has 2 aromatic heterocycles. The summed E-state index contributed by atoms with van der Waals surface area (Å²) < 4.78 is 28.1. The summed E-state index contributed by atoms with van der Waals surface area (Å²) >= 11 is 1.46. The number of pyridine rings is 1. The maximum atomic E-state index is 14.1. The number of thioether (sulfide) groups is 1. The Hall–Kier alpha value is -4.50. The van der Waals surface area contributed by atoms with Crippen LogP contribution < -0.4 is 10.6 Å². The van der Waals surface area contributed by atoms with Crippen LogP contribution >= 0.6 is 11.8 Å². The van der Waals surface area contributed by atoms with Crippen molar-refractivity contribution in [2.45, 2.75) is 5.16 Å². The number of imidazole rings is 1. The van der Waals surface area contributed by atoms with Crippen molar-refractivity contribution in [2.24, 2.45) is 0 Å². The Morgan fingerprint density at radius 3 is 2.35 bits per heavy atom. The van der Waals surface area contributed by atoms with Crippen LogP contribution in [0.15, 0.2) is 96.3 Å². The second-order valence-corrected chi connectivity index (χ2v) is 8.82. The lowest BCUT2D eigenvalue weighted by atomic mass is 10.0. The van der Waals surface area contributed by atoms with Gasteiger partial charge in [-0.15, -0.1) is 0 Å². The Morgan fingerprint density at radius 1 is 0.865 bits per heavy atom. The normalized spacial score (nSPS) is 10.8. The van der Waals surface area contributed by atoms with E-state index in [0.717, 1.165) is 29.1 Å². The predicted octanol–water partition coefficient (Wildman–Crippen LogP) is 7.13. The minimum atomic E-state index is -0.926. The van der Waals surface area contributed by atoms with Gasteiger partial charge in [-0.2, -0.15) is 0 Å². The topological polar surface area (TPSA) is 82.7 Å². The van der Waals surface area contributed by atoms with Crippen LogP contribution in [0.2, 0.25) is 0 Å². The van der Waals surface area contributed by atoms with Crippen molar-refractivity contribution in [3.05, 3.63) is 108 Å². The fourth-order valence-corrected chi connectivity index (χ4v) is 4.23. The van der Waals surface area contributed by atoms with Crippen molar-refractivity contribution >= 4 is 34.9 Å². The number of amides is 1. The highest BCUT2D eigenvalue weighted by atomic mass is 32.2. The summed E-state index contributed by atoms with van der Waals surface area (Å²) in [6.07, 6.45) is 3.63. The number of H-pyrrole nitrogens is 1. The quantitative estimate of drug-likeness (QED) is 0.202. The molecule has 0 atom stereocenters. The zero-order valence-electron chi connectivity index (χ0n) is 19.6. The van der Waals surface area contributed by atoms with Crippen LogP contribution in [0.4, 0.5) is 26.0 Å². The van der Waals surface area contributed by atoms with Crippen LogP contribution in [0.3, 0.4) is 0 Å². The zero-order valence-corrected chi connectivity index (χ0v) is 20.4. The summed E-state index contributed by atoms with van der Waals surface area (Å²) in [5.41, 5.74) is 3.67. The molecule has 0 saturated heterocycles. The monoisotopic (exact) mass is 513 g/mol. The third-order valence-corrected chi connectivity index (χ3v) is 6.13. The van der Waals surface area contributed by atoms with E-state index in [4.69, 9.17) is 4.98 Å². The van der Waals surface area contributed by atoms with Gasteiger partial charge in [0.2, 0.25) is 0 Å². The Kier molecular flexibility index (Phi) is 6.96. The molecule has 0 aliphatic heterocycles. The number of nitrogens with zero attached hydrogens (tertiary/aromatic N) is 2. The maximum Gasteiger partial charge on any atom is 0.261 e. The largest absolute Gasteiger partial charge is 0.340 e. The molecule has 0 unspecified atom stereocenters. The van der Waals surface area contributed by atoms with E-state index >= 15 is 0 Å². The number of halogens is 2. The highest BCUT2D eigenvalue weighted by Gasteiger charge is 2.19. The molecule has 184 valence electrons. The minimum absolute atomic E-state index is 0.381. The SMILES string of the molecule is CSc1nc(-c2cccc(NC(=O)c3c(F)cccc3F)c2)c(-c2ccnc(Nc3ccccc3)c2)[nH]1. The maximum absolute atomic E-state index is 14.1. The van der Waals surface area contributed by atoms with Gasteiger partial charge < -0.3 is 15.6 Å². The predicted molar refractivity (Wildman–Crippen MR) is 143 cm³/mol. The molecule has 0 bridgehead atoms. The lowest BCUT2D eigenvalue weighted by Gasteiger charge is -2.10. The Balaban J connectivity index is 1.47. The molecule has 5 aromatic rings. The molecular formula is C28H21F2N5OS. The zero-order chi connectivity index (χ0) is 25.8. The third kappa shape index (κ3) is 5.36. The van der Waals surface area contributed by atoms with Crippen molar-refractivity contribution < 1.29 is 13.6 Å². The number of hydrogen-bond acceptors (Lipinski definition) is 5. The number of carbonyl (C=O) groups excluding carboxylic acids is 1. The van der Waals surface area contributed by atoms with E-state index in [9.17, 15) is 13.6 Å². The molecule has 0 aliphatic carbocycles. The van der Waals surface area contributed by atoms with Crippen molar-refractivity contribution in [1.29, 1.82) is 0 Å². The number of aromatic amines is 1. The van der Waals surface area contributed by atoms with Crippen LogP contribution in [0.5, 0.6) is 0 Å². The van der Waals surface area contributed by atoms with Crippen LogP contribution in [-0.2, 0) is 0 Å². The first-order valence-electron chi connectivity index (χ1n) is 11.3. The van der Waals surface area contributed by atoms with E-state index in [1.165, 1.54) is 17.8 Å². The van der Waals surface area contributed by atoms with E-state index in [0.29, 0.717) is 27.9 Å². The van der Waals surface area contributed by atoms with Gasteiger partial charge >= 0.3 is 0 Å². The highest BCUT2D eigenvalue weighted by molar-refractivity contribution is 7.98. The molecule has 2 heterocycles. The molecule has 0 aliphatic rings. The average Bonchev–Trinajstić information content (AvgIpc) is 3.34. The van der Waals surface area contributed by atoms with Gasteiger partial charge in [0.05, 0.1) is 11.4 Å². The van der Waals surface area contributed by atoms with Gasteiger partial charge in [0.15, 0.2) is 5.16 Å². The van der Waals surface area contributed by atoms with Gasteiger partial charge in [-0.25, -0.2) is 18.7 Å². The third-order valence-electron chi connectivity index (χ3n) is 5.55. The van der Waals surface area contributed by atoms with Crippen molar-refractivity contribution in [3.8, 4) is 22.5 Å². The smallest absolute Gasteiger partial charge is 0.261 e. The standard InChI is InChI=1S/C28H21F2N5OS/c1-37-28-34-25(26(35-28)18-13-14-31-23(16-18)32-19-8-3-2-4-9-19)17-7-5-10-20(15-17)33-27(36)24-21(29)11-6-12-22(24)30/h2-16H,1H3,(H,31,32)(H,33,36)(H,34,35). The summed E-state index contributed by atoms with van der Waals surface area (Å²) in [4.78, 5) is 25.1. The lowest BCUT2D eigenvalue weighted by Crippen LogP contribution is -2.15. The second kappa shape index (κ2) is 10.6. The van der Waals surface area contributed by atoms with E-state index < -0.39 is 23.1 Å². The fraction of sp³-hybridized carbons (Fsp3) is 0.0357. The van der Waals surface area contributed by atoms with Gasteiger partial charge in [-0.1, -0.05) is 48.2 Å². The number of hydrogen-bond donors (Lipinski definition) is 3. The molecule has 5 rings (SSSR count). The molecule has 0 spiro atoms. The van der Waals surface area contributed by atoms with E-state index in [-0.39, 0.29) is 0 Å². The summed E-state index contributed by atoms with van der Waals surface area (Å²) in [6.45, 7) is 0. The molecule has 0 radical (unpaired) electrons. The van der Waals surface area contributed by atoms with Crippen LogP contribution in [0.1, 0.15) is 10.4 Å². The first-order chi connectivity index (χ1) is 18.0. The molecule has 0 fully saturated rings. The van der Waals surface area contributed by atoms with E-state index in [1.54, 1.807) is 24.4 Å². The minimum Gasteiger partial charge on any atom is -0.340 e. The molecule has 3 aromatic carbocycles. The van der Waals surface area contributed by atoms with Crippen molar-refractivity contribution in [1.82, 2.24) is 15.0 Å². The molecular weight excluding hydrogens is 492 g/mol. The number of anilines is 3. The van der Waals surface area contributed by atoms with Crippen LogP contribution in [0.25, 0.3) is 22.5 Å². The Labute approximate surface area is 216 Å². The summed E-state index contributed by atoms with van der Waals surface area (Å²) in [5, 5.41) is 6.58. The van der Waals surface area contributed by atoms with Gasteiger partial charge in [-0.05, 0) is 54.8 Å². The molecule has 37 heavy (non-hydrogen) atoms. The average molecular weight is 514 g/mol. The van der Waals surface area contributed by atoms with Gasteiger partial charge in [0.1, 0.15) is 23.0 Å². The highest BCUT2D eigenvalue weighted by Crippen LogP contribution is 2.34. The van der Waals surface area contributed by atoms with E-state index in [1.807, 2.05) is 54.8 Å². The molecule has 0 saturated carbocycles. The first kappa shape index (κ1) is 24.2. The van der Waals surface area contributed by atoms with Crippen molar-refractivity contribution in [3.63, 3.8) is 0 Å². The summed E-state index contributed by atoms with van der Waals surface area (Å²) in [6, 6.07) is 23.8. The van der Waals surface area contributed by atoms with E-state index in [2.05, 4.69) is 20.6 Å². The Morgan fingerprint density at radius 2 is 1.59 bits per heavy atom. The van der Waals surface area contributed by atoms with Gasteiger partial charge in [-0.3, -0.25) is 4.79 Å². The second-order valence-electron chi connectivity index (χ2n) is 8.02. The number of rotatable bonds is 7. The molecule has 9 heteroatoms. The molecule has 6 nitrogen and oxygen atoms in total. The number of aromatic nitrogens is 3. The number of benzene rings is 3. The molecule has 1 amide bonds. The lowest BCUT2D eigenvalue weighted by molar-refractivity contribution is 0.101. The fourth-order valence-electron chi connectivity index (χ4n) is 3.84. The Bertz CT molecular complexity index is 1550. The number of para-hydroxylation sites is 1. The van der Waals surface area contributed by atoms with Gasteiger partial charge in [0, 0.05) is 28.7 Å². The van der Waals surface area contributed by atoms with Crippen molar-refractivity contribution in [2.75, 3.05) is 16.9 Å². The number of nitrogens with one attached hydrogen (secondary N) is 3. The number of carbonyl (C=O) groups is 1. The van der Waals surface area contributed by atoms with Crippen LogP contribution in [0, 0.1) is 11.6 Å². The summed E-state index contributed by atoms with van der Waals surface area (Å²) in [7, 11) is 0. The van der Waals surface area contributed by atoms with Gasteiger partial charge in [0.25, 0.3) is 5.91 Å². The van der Waals surface area contributed by atoms with Crippen LogP contribution in [-0.4, -0.2) is 27.1 Å². The summed E-state index contributed by atoms with van der Waals surface area (Å²) in [5.74, 6) is -2.05. The first-order valence-corrected chi connectivity index (χ1v) is 12.5. The molecule has 3 N–H and O–H groups in total.